The van der Waals surface area contributed by atoms with Crippen LogP contribution in [0.2, 0.25) is 0 Å². The molecular weight excluding hydrogens is 226 g/mol. The first kappa shape index (κ1) is 13.1. The lowest BCUT2D eigenvalue weighted by molar-refractivity contribution is -0.147. The van der Waals surface area contributed by atoms with Crippen molar-refractivity contribution >= 4 is 5.91 Å². The van der Waals surface area contributed by atoms with Gasteiger partial charge in [0.15, 0.2) is 0 Å². The van der Waals surface area contributed by atoms with E-state index in [1.165, 1.54) is 5.56 Å². The zero-order valence-electron chi connectivity index (χ0n) is 10.9. The summed E-state index contributed by atoms with van der Waals surface area (Å²) in [7, 11) is 0. The lowest BCUT2D eigenvalue weighted by atomic mass is 10.1. The molecule has 0 bridgehead atoms. The van der Waals surface area contributed by atoms with Gasteiger partial charge in [-0.25, -0.2) is 5.01 Å². The Morgan fingerprint density at radius 3 is 2.56 bits per heavy atom. The minimum atomic E-state index is 0.132. The van der Waals surface area contributed by atoms with Crippen LogP contribution in [0.1, 0.15) is 12.5 Å². The second-order valence-electron chi connectivity index (χ2n) is 4.58. The summed E-state index contributed by atoms with van der Waals surface area (Å²) in [5, 5.41) is 7.34. The molecule has 98 valence electrons. The lowest BCUT2D eigenvalue weighted by Crippen LogP contribution is -2.54. The number of carbonyl (C=O) groups excluding carboxylic acids is 1. The van der Waals surface area contributed by atoms with E-state index < -0.39 is 0 Å². The molecule has 4 heteroatoms. The van der Waals surface area contributed by atoms with Crippen LogP contribution in [0.15, 0.2) is 30.3 Å². The standard InChI is InChI=1S/C14H21N3O/c1-13(18)17(16-11-8-15-9-12-16)10-7-14-5-3-2-4-6-14/h2-6,15H,7-12H2,1H3. The lowest BCUT2D eigenvalue weighted by Gasteiger charge is -2.37. The molecule has 1 heterocycles. The average Bonchev–Trinajstić information content (AvgIpc) is 2.41. The van der Waals surface area contributed by atoms with Crippen molar-refractivity contribution in [1.82, 2.24) is 15.3 Å². The fourth-order valence-electron chi connectivity index (χ4n) is 2.27. The third-order valence-corrected chi connectivity index (χ3v) is 3.25. The number of hydrogen-bond acceptors (Lipinski definition) is 3. The maximum Gasteiger partial charge on any atom is 0.233 e. The summed E-state index contributed by atoms with van der Waals surface area (Å²) in [6, 6.07) is 10.3. The van der Waals surface area contributed by atoms with E-state index in [1.807, 2.05) is 23.2 Å². The predicted octanol–water partition coefficient (Wildman–Crippen LogP) is 0.898. The van der Waals surface area contributed by atoms with Crippen LogP contribution >= 0.6 is 0 Å². The number of amides is 1. The van der Waals surface area contributed by atoms with Gasteiger partial charge < -0.3 is 5.32 Å². The zero-order valence-corrected chi connectivity index (χ0v) is 10.9. The van der Waals surface area contributed by atoms with Crippen molar-refractivity contribution < 1.29 is 4.79 Å². The summed E-state index contributed by atoms with van der Waals surface area (Å²) in [5.41, 5.74) is 1.28. The number of benzene rings is 1. The van der Waals surface area contributed by atoms with E-state index in [0.717, 1.165) is 39.1 Å². The van der Waals surface area contributed by atoms with Crippen LogP contribution in [0.4, 0.5) is 0 Å². The van der Waals surface area contributed by atoms with Crippen molar-refractivity contribution in [3.05, 3.63) is 35.9 Å². The molecule has 1 fully saturated rings. The topological polar surface area (TPSA) is 35.6 Å². The summed E-state index contributed by atoms with van der Waals surface area (Å²) in [5.74, 6) is 0.132. The van der Waals surface area contributed by atoms with Crippen LogP contribution in [0.3, 0.4) is 0 Å². The molecular formula is C14H21N3O. The van der Waals surface area contributed by atoms with Crippen LogP contribution in [0, 0.1) is 0 Å². The van der Waals surface area contributed by atoms with Gasteiger partial charge in [0.25, 0.3) is 0 Å². The van der Waals surface area contributed by atoms with Gasteiger partial charge in [-0.3, -0.25) is 9.80 Å². The summed E-state index contributed by atoms with van der Waals surface area (Å²) in [6.07, 6.45) is 0.907. The molecule has 0 atom stereocenters. The summed E-state index contributed by atoms with van der Waals surface area (Å²) in [4.78, 5) is 11.7. The van der Waals surface area contributed by atoms with Crippen molar-refractivity contribution in [3.8, 4) is 0 Å². The van der Waals surface area contributed by atoms with Gasteiger partial charge in [-0.1, -0.05) is 30.3 Å². The Bertz CT molecular complexity index is 374. The number of nitrogens with zero attached hydrogens (tertiary/aromatic N) is 2. The van der Waals surface area contributed by atoms with Gasteiger partial charge in [0.1, 0.15) is 0 Å². The number of carbonyl (C=O) groups is 1. The second kappa shape index (κ2) is 6.52. The molecule has 0 unspecified atom stereocenters. The highest BCUT2D eigenvalue weighted by molar-refractivity contribution is 5.72. The largest absolute Gasteiger partial charge is 0.314 e. The van der Waals surface area contributed by atoms with Crippen molar-refractivity contribution in [2.75, 3.05) is 32.7 Å². The number of piperazine rings is 1. The molecule has 1 aliphatic rings. The zero-order chi connectivity index (χ0) is 12.8. The van der Waals surface area contributed by atoms with Crippen LogP contribution in [-0.4, -0.2) is 48.6 Å². The molecule has 4 nitrogen and oxygen atoms in total. The monoisotopic (exact) mass is 247 g/mol. The Labute approximate surface area is 109 Å². The molecule has 0 spiro atoms. The molecule has 1 aliphatic heterocycles. The molecule has 0 radical (unpaired) electrons. The molecule has 1 amide bonds. The molecule has 1 aromatic carbocycles. The van der Waals surface area contributed by atoms with E-state index >= 15 is 0 Å². The molecule has 0 aromatic heterocycles. The summed E-state index contributed by atoms with van der Waals surface area (Å²) < 4.78 is 0. The normalized spacial score (nSPS) is 16.5. The third kappa shape index (κ3) is 3.55. The van der Waals surface area contributed by atoms with Crippen molar-refractivity contribution in [3.63, 3.8) is 0 Å². The van der Waals surface area contributed by atoms with Gasteiger partial charge in [-0.2, -0.15) is 0 Å². The molecule has 1 N–H and O–H groups in total. The van der Waals surface area contributed by atoms with Gasteiger partial charge in [0.2, 0.25) is 5.91 Å². The molecule has 18 heavy (non-hydrogen) atoms. The van der Waals surface area contributed by atoms with E-state index in [4.69, 9.17) is 0 Å². The fourth-order valence-corrected chi connectivity index (χ4v) is 2.27. The number of hydrazine groups is 1. The van der Waals surface area contributed by atoms with Gasteiger partial charge in [0.05, 0.1) is 0 Å². The van der Waals surface area contributed by atoms with Gasteiger partial charge >= 0.3 is 0 Å². The maximum atomic E-state index is 11.7. The highest BCUT2D eigenvalue weighted by atomic mass is 16.2. The number of rotatable bonds is 4. The summed E-state index contributed by atoms with van der Waals surface area (Å²) in [6.45, 7) is 6.14. The molecule has 0 saturated carbocycles. The highest BCUT2D eigenvalue weighted by Crippen LogP contribution is 2.06. The van der Waals surface area contributed by atoms with Crippen molar-refractivity contribution in [2.45, 2.75) is 13.3 Å². The quantitative estimate of drug-likeness (QED) is 0.858. The SMILES string of the molecule is CC(=O)N(CCc1ccccc1)N1CCNCC1. The Morgan fingerprint density at radius 2 is 1.94 bits per heavy atom. The first-order valence-electron chi connectivity index (χ1n) is 6.55. The van der Waals surface area contributed by atoms with Crippen molar-refractivity contribution in [2.24, 2.45) is 0 Å². The maximum absolute atomic E-state index is 11.7. The molecule has 1 aromatic rings. The highest BCUT2D eigenvalue weighted by Gasteiger charge is 2.19. The van der Waals surface area contributed by atoms with Crippen LogP contribution < -0.4 is 5.32 Å². The third-order valence-electron chi connectivity index (χ3n) is 3.25. The van der Waals surface area contributed by atoms with E-state index in [9.17, 15) is 4.79 Å². The van der Waals surface area contributed by atoms with Crippen LogP contribution in [0.25, 0.3) is 0 Å². The van der Waals surface area contributed by atoms with Gasteiger partial charge in [-0.15, -0.1) is 0 Å². The van der Waals surface area contributed by atoms with E-state index in [-0.39, 0.29) is 5.91 Å². The first-order valence-corrected chi connectivity index (χ1v) is 6.55. The average molecular weight is 247 g/mol. The molecule has 2 rings (SSSR count). The predicted molar refractivity (Wildman–Crippen MR) is 72.0 cm³/mol. The Hall–Kier alpha value is -1.39. The smallest absolute Gasteiger partial charge is 0.233 e. The molecule has 1 saturated heterocycles. The number of nitrogens with one attached hydrogen (secondary N) is 1. The Morgan fingerprint density at radius 1 is 1.28 bits per heavy atom. The Kier molecular flexibility index (Phi) is 4.73. The minimum absolute atomic E-state index is 0.132. The first-order chi connectivity index (χ1) is 8.77. The second-order valence-corrected chi connectivity index (χ2v) is 4.58. The van der Waals surface area contributed by atoms with Crippen LogP contribution in [0.5, 0.6) is 0 Å². The van der Waals surface area contributed by atoms with E-state index in [1.54, 1.807) is 6.92 Å². The minimum Gasteiger partial charge on any atom is -0.314 e. The summed E-state index contributed by atoms with van der Waals surface area (Å²) >= 11 is 0. The van der Waals surface area contributed by atoms with E-state index in [0.29, 0.717) is 0 Å². The molecule has 0 aliphatic carbocycles. The van der Waals surface area contributed by atoms with Gasteiger partial charge in [-0.05, 0) is 12.0 Å². The Balaban J connectivity index is 1.92. The van der Waals surface area contributed by atoms with Crippen molar-refractivity contribution in [1.29, 1.82) is 0 Å². The van der Waals surface area contributed by atoms with Gasteiger partial charge in [0, 0.05) is 39.6 Å². The van der Waals surface area contributed by atoms with E-state index in [2.05, 4.69) is 22.5 Å². The number of hydrogen-bond donors (Lipinski definition) is 1. The fraction of sp³-hybridized carbons (Fsp3) is 0.500. The van der Waals surface area contributed by atoms with Crippen LogP contribution in [-0.2, 0) is 11.2 Å².